The molecule has 0 unspecified atom stereocenters. The Morgan fingerprint density at radius 1 is 0.941 bits per heavy atom. The highest BCUT2D eigenvalue weighted by molar-refractivity contribution is 6.31. The first-order chi connectivity index (χ1) is 16.2. The normalized spacial score (nSPS) is 14.2. The zero-order valence-electron chi connectivity index (χ0n) is 18.7. The van der Waals surface area contributed by atoms with Crippen molar-refractivity contribution in [3.05, 3.63) is 98.9 Å². The van der Waals surface area contributed by atoms with Crippen LogP contribution in [-0.4, -0.2) is 45.1 Å². The summed E-state index contributed by atoms with van der Waals surface area (Å²) in [5, 5.41) is 9.95. The molecule has 1 saturated carbocycles. The number of hydrogen-bond acceptors (Lipinski definition) is 3. The Labute approximate surface area is 200 Å². The van der Waals surface area contributed by atoms with Crippen LogP contribution in [0.5, 0.6) is 0 Å². The van der Waals surface area contributed by atoms with Gasteiger partial charge in [0.05, 0.1) is 27.8 Å². The number of carbonyl (C=O) groups excluding carboxylic acids is 1. The Morgan fingerprint density at radius 2 is 1.65 bits per heavy atom. The third kappa shape index (κ3) is 3.40. The van der Waals surface area contributed by atoms with Gasteiger partial charge in [-0.05, 0) is 73.0 Å². The molecule has 172 valence electrons. The molecule has 34 heavy (non-hydrogen) atoms. The van der Waals surface area contributed by atoms with Gasteiger partial charge in [-0.25, -0.2) is 9.59 Å². The highest BCUT2D eigenvalue weighted by Gasteiger charge is 2.49. The van der Waals surface area contributed by atoms with Gasteiger partial charge in [-0.1, -0.05) is 23.7 Å². The van der Waals surface area contributed by atoms with E-state index in [9.17, 15) is 19.5 Å². The van der Waals surface area contributed by atoms with Crippen molar-refractivity contribution in [2.24, 2.45) is 0 Å². The van der Waals surface area contributed by atoms with E-state index in [1.165, 1.54) is 4.90 Å². The molecule has 1 aliphatic carbocycles. The Hall–Kier alpha value is -3.84. The fourth-order valence-electron chi connectivity index (χ4n) is 4.55. The van der Waals surface area contributed by atoms with Gasteiger partial charge in [-0.3, -0.25) is 13.9 Å². The zero-order chi connectivity index (χ0) is 24.2. The number of fused-ring (bicyclic) bond motifs is 1. The molecule has 1 fully saturated rings. The Bertz CT molecular complexity index is 1510. The standard InChI is InChI=1S/C26H22ClN3O4/c1-28(2)23(31)16-6-9-20(10-7-16)29-22-15-19(27)8-11-21(22)30(25(29)34)26(12-13-26)18-5-3-4-17(14-18)24(32)33/h3-11,14-15H,12-13H2,1-2H3,(H,32,33). The number of benzene rings is 3. The van der Waals surface area contributed by atoms with Crippen LogP contribution in [0, 0.1) is 0 Å². The molecule has 0 bridgehead atoms. The van der Waals surface area contributed by atoms with Crippen LogP contribution in [0.4, 0.5) is 0 Å². The van der Waals surface area contributed by atoms with E-state index < -0.39 is 11.5 Å². The van der Waals surface area contributed by atoms with E-state index in [0.717, 1.165) is 5.56 Å². The lowest BCUT2D eigenvalue weighted by Crippen LogP contribution is -2.32. The smallest absolute Gasteiger partial charge is 0.335 e. The molecule has 1 heterocycles. The van der Waals surface area contributed by atoms with Gasteiger partial charge in [-0.2, -0.15) is 0 Å². The molecule has 8 heteroatoms. The maximum Gasteiger partial charge on any atom is 0.335 e. The Morgan fingerprint density at radius 3 is 2.26 bits per heavy atom. The summed E-state index contributed by atoms with van der Waals surface area (Å²) in [5.41, 5.74) is 2.59. The molecule has 0 atom stereocenters. The molecular weight excluding hydrogens is 454 g/mol. The molecule has 0 radical (unpaired) electrons. The van der Waals surface area contributed by atoms with Crippen LogP contribution in [0.15, 0.2) is 71.5 Å². The maximum absolute atomic E-state index is 13.9. The maximum atomic E-state index is 13.9. The van der Waals surface area contributed by atoms with Gasteiger partial charge in [0.1, 0.15) is 0 Å². The third-order valence-electron chi connectivity index (χ3n) is 6.38. The quantitative estimate of drug-likeness (QED) is 0.464. The molecule has 1 N–H and O–H groups in total. The first-order valence-corrected chi connectivity index (χ1v) is 11.2. The largest absolute Gasteiger partial charge is 0.478 e. The molecular formula is C26H22ClN3O4. The topological polar surface area (TPSA) is 84.5 Å². The fourth-order valence-corrected chi connectivity index (χ4v) is 4.71. The van der Waals surface area contributed by atoms with Gasteiger partial charge >= 0.3 is 11.7 Å². The molecule has 0 aliphatic heterocycles. The van der Waals surface area contributed by atoms with Crippen molar-refractivity contribution in [3.8, 4) is 5.69 Å². The van der Waals surface area contributed by atoms with Gasteiger partial charge < -0.3 is 10.0 Å². The van der Waals surface area contributed by atoms with E-state index in [-0.39, 0.29) is 17.2 Å². The summed E-state index contributed by atoms with van der Waals surface area (Å²) in [6, 6.07) is 19.0. The monoisotopic (exact) mass is 475 g/mol. The minimum Gasteiger partial charge on any atom is -0.478 e. The number of nitrogens with zero attached hydrogens (tertiary/aromatic N) is 3. The number of carboxylic acid groups (broad SMARTS) is 1. The predicted octanol–water partition coefficient (Wildman–Crippen LogP) is 4.38. The number of halogens is 1. The minimum atomic E-state index is -1.01. The van der Waals surface area contributed by atoms with E-state index in [1.54, 1.807) is 77.8 Å². The van der Waals surface area contributed by atoms with Gasteiger partial charge in [0.2, 0.25) is 0 Å². The molecule has 0 saturated heterocycles. The molecule has 4 aromatic rings. The molecule has 7 nitrogen and oxygen atoms in total. The van der Waals surface area contributed by atoms with Crippen molar-refractivity contribution in [2.75, 3.05) is 14.1 Å². The van der Waals surface area contributed by atoms with Gasteiger partial charge in [0.15, 0.2) is 0 Å². The number of amides is 1. The van der Waals surface area contributed by atoms with Crippen LogP contribution in [0.2, 0.25) is 5.02 Å². The Balaban J connectivity index is 1.71. The molecule has 0 spiro atoms. The number of carbonyl (C=O) groups is 2. The van der Waals surface area contributed by atoms with Crippen molar-refractivity contribution < 1.29 is 14.7 Å². The first kappa shape index (κ1) is 22.0. The summed E-state index contributed by atoms with van der Waals surface area (Å²) in [4.78, 5) is 39.2. The van der Waals surface area contributed by atoms with Gasteiger partial charge in [-0.15, -0.1) is 0 Å². The van der Waals surface area contributed by atoms with Crippen LogP contribution in [-0.2, 0) is 5.54 Å². The predicted molar refractivity (Wildman–Crippen MR) is 130 cm³/mol. The highest BCUT2D eigenvalue weighted by atomic mass is 35.5. The fraction of sp³-hybridized carbons (Fsp3) is 0.192. The highest BCUT2D eigenvalue weighted by Crippen LogP contribution is 2.50. The number of hydrogen-bond donors (Lipinski definition) is 1. The number of aromatic nitrogens is 2. The van der Waals surface area contributed by atoms with Crippen molar-refractivity contribution in [3.63, 3.8) is 0 Å². The lowest BCUT2D eigenvalue weighted by atomic mass is 10.0. The lowest BCUT2D eigenvalue weighted by Gasteiger charge is -2.18. The number of rotatable bonds is 5. The average molecular weight is 476 g/mol. The van der Waals surface area contributed by atoms with Crippen LogP contribution < -0.4 is 5.69 Å². The van der Waals surface area contributed by atoms with Crippen molar-refractivity contribution >= 4 is 34.5 Å². The van der Waals surface area contributed by atoms with Crippen molar-refractivity contribution in [2.45, 2.75) is 18.4 Å². The first-order valence-electron chi connectivity index (χ1n) is 10.8. The van der Waals surface area contributed by atoms with E-state index in [2.05, 4.69) is 0 Å². The third-order valence-corrected chi connectivity index (χ3v) is 6.61. The van der Waals surface area contributed by atoms with Gasteiger partial charge in [0.25, 0.3) is 5.91 Å². The van der Waals surface area contributed by atoms with E-state index in [0.29, 0.717) is 40.1 Å². The second kappa shape index (κ2) is 7.88. The van der Waals surface area contributed by atoms with Crippen molar-refractivity contribution in [1.82, 2.24) is 14.0 Å². The summed E-state index contributed by atoms with van der Waals surface area (Å²) >= 11 is 6.30. The number of aromatic carboxylic acids is 1. The number of imidazole rings is 1. The lowest BCUT2D eigenvalue weighted by molar-refractivity contribution is 0.0696. The summed E-state index contributed by atoms with van der Waals surface area (Å²) in [7, 11) is 3.37. The van der Waals surface area contributed by atoms with E-state index in [1.807, 2.05) is 12.1 Å². The van der Waals surface area contributed by atoms with Crippen LogP contribution in [0.1, 0.15) is 39.1 Å². The zero-order valence-corrected chi connectivity index (χ0v) is 19.4. The molecule has 5 rings (SSSR count). The van der Waals surface area contributed by atoms with Crippen LogP contribution in [0.3, 0.4) is 0 Å². The van der Waals surface area contributed by atoms with E-state index >= 15 is 0 Å². The van der Waals surface area contributed by atoms with Crippen molar-refractivity contribution in [1.29, 1.82) is 0 Å². The average Bonchev–Trinajstić information content (AvgIpc) is 3.57. The number of carboxylic acids is 1. The summed E-state index contributed by atoms with van der Waals surface area (Å²) in [6.07, 6.45) is 1.43. The summed E-state index contributed by atoms with van der Waals surface area (Å²) in [5.74, 6) is -1.13. The minimum absolute atomic E-state index is 0.125. The van der Waals surface area contributed by atoms with E-state index in [4.69, 9.17) is 11.6 Å². The SMILES string of the molecule is CN(C)C(=O)c1ccc(-n2c(=O)n(C3(c4cccc(C(=O)O)c4)CC3)c3ccc(Cl)cc32)cc1. The summed E-state index contributed by atoms with van der Waals surface area (Å²) < 4.78 is 3.34. The summed E-state index contributed by atoms with van der Waals surface area (Å²) in [6.45, 7) is 0. The molecule has 1 amide bonds. The second-order valence-electron chi connectivity index (χ2n) is 8.75. The molecule has 1 aromatic heterocycles. The van der Waals surface area contributed by atoms with Crippen LogP contribution in [0.25, 0.3) is 16.7 Å². The van der Waals surface area contributed by atoms with Gasteiger partial charge in [0, 0.05) is 24.7 Å². The Kier molecular flexibility index (Phi) is 5.10. The second-order valence-corrected chi connectivity index (χ2v) is 9.19. The molecule has 1 aliphatic rings. The van der Waals surface area contributed by atoms with Crippen LogP contribution >= 0.6 is 11.6 Å². The molecule has 3 aromatic carbocycles.